The summed E-state index contributed by atoms with van der Waals surface area (Å²) in [5.74, 6) is 0. The minimum Gasteiger partial charge on any atom is -0.400 e. The smallest absolute Gasteiger partial charge is 0.261 e. The summed E-state index contributed by atoms with van der Waals surface area (Å²) in [5, 5.41) is 2.63. The standard InChI is InChI=1S/C24H26BrNOSi/c1-24(2,3)28(18-10-6-4-7-11-18,19-12-8-5-9-13-19)27-23-15-14-20-21(23)16-26-17-22(20)25/h4-13,16-17,23H,14-15H2,1-3H3. The average Bonchev–Trinajstić information content (AvgIpc) is 3.10. The fourth-order valence-corrected chi connectivity index (χ4v) is 9.71. The highest BCUT2D eigenvalue weighted by atomic mass is 79.9. The van der Waals surface area contributed by atoms with Crippen LogP contribution in [0.1, 0.15) is 44.4 Å². The van der Waals surface area contributed by atoms with Crippen LogP contribution in [0.2, 0.25) is 5.04 Å². The Kier molecular flexibility index (Phi) is 5.30. The number of pyridine rings is 1. The van der Waals surface area contributed by atoms with Gasteiger partial charge in [-0.05, 0) is 49.7 Å². The second-order valence-electron chi connectivity index (χ2n) is 8.50. The maximum atomic E-state index is 7.30. The highest BCUT2D eigenvalue weighted by molar-refractivity contribution is 9.10. The molecular formula is C24H26BrNOSi. The van der Waals surface area contributed by atoms with Gasteiger partial charge in [-0.2, -0.15) is 0 Å². The lowest BCUT2D eigenvalue weighted by Gasteiger charge is -2.44. The maximum Gasteiger partial charge on any atom is 0.261 e. The highest BCUT2D eigenvalue weighted by Gasteiger charge is 2.52. The lowest BCUT2D eigenvalue weighted by Crippen LogP contribution is -2.66. The van der Waals surface area contributed by atoms with E-state index in [1.807, 2.05) is 12.4 Å². The van der Waals surface area contributed by atoms with Crippen LogP contribution in [0.3, 0.4) is 0 Å². The van der Waals surface area contributed by atoms with E-state index in [1.165, 1.54) is 21.5 Å². The average molecular weight is 452 g/mol. The molecule has 1 aromatic heterocycles. The van der Waals surface area contributed by atoms with Crippen molar-refractivity contribution < 1.29 is 4.43 Å². The van der Waals surface area contributed by atoms with Crippen molar-refractivity contribution in [1.29, 1.82) is 0 Å². The van der Waals surface area contributed by atoms with E-state index in [1.54, 1.807) is 0 Å². The van der Waals surface area contributed by atoms with Crippen LogP contribution in [-0.4, -0.2) is 13.3 Å². The summed E-state index contributed by atoms with van der Waals surface area (Å²) < 4.78 is 8.39. The van der Waals surface area contributed by atoms with Crippen molar-refractivity contribution in [3.8, 4) is 0 Å². The summed E-state index contributed by atoms with van der Waals surface area (Å²) in [6, 6.07) is 21.7. The molecule has 1 aliphatic rings. The van der Waals surface area contributed by atoms with E-state index in [9.17, 15) is 0 Å². The van der Waals surface area contributed by atoms with Gasteiger partial charge in [0, 0.05) is 22.4 Å². The number of rotatable bonds is 4. The molecule has 0 saturated carbocycles. The molecule has 28 heavy (non-hydrogen) atoms. The third-order valence-corrected chi connectivity index (χ3v) is 11.5. The molecule has 1 atom stereocenters. The predicted molar refractivity (Wildman–Crippen MR) is 122 cm³/mol. The van der Waals surface area contributed by atoms with Crippen LogP contribution in [0.5, 0.6) is 0 Å². The highest BCUT2D eigenvalue weighted by Crippen LogP contribution is 2.44. The zero-order valence-corrected chi connectivity index (χ0v) is 19.2. The molecule has 0 N–H and O–H groups in total. The van der Waals surface area contributed by atoms with Crippen molar-refractivity contribution in [3.05, 3.63) is 88.7 Å². The van der Waals surface area contributed by atoms with E-state index in [4.69, 9.17) is 4.43 Å². The van der Waals surface area contributed by atoms with Gasteiger partial charge in [0.1, 0.15) is 0 Å². The number of fused-ring (bicyclic) bond motifs is 1. The fourth-order valence-electron chi connectivity index (χ4n) is 4.48. The zero-order chi connectivity index (χ0) is 19.8. The van der Waals surface area contributed by atoms with E-state index in [0.717, 1.165) is 17.3 Å². The molecular weight excluding hydrogens is 426 g/mol. The molecule has 2 nitrogen and oxygen atoms in total. The molecule has 0 aliphatic heterocycles. The Labute approximate surface area is 177 Å². The number of hydrogen-bond donors (Lipinski definition) is 0. The van der Waals surface area contributed by atoms with E-state index in [2.05, 4.69) is 102 Å². The molecule has 1 heterocycles. The molecule has 0 saturated heterocycles. The third-order valence-electron chi connectivity index (χ3n) is 5.78. The molecule has 0 fully saturated rings. The minimum atomic E-state index is -2.54. The minimum absolute atomic E-state index is 0.0160. The molecule has 1 unspecified atom stereocenters. The van der Waals surface area contributed by atoms with Gasteiger partial charge in [0.15, 0.2) is 0 Å². The summed E-state index contributed by atoms with van der Waals surface area (Å²) in [7, 11) is -2.54. The first kappa shape index (κ1) is 19.6. The largest absolute Gasteiger partial charge is 0.400 e. The first-order valence-electron chi connectivity index (χ1n) is 9.84. The molecule has 144 valence electrons. The van der Waals surface area contributed by atoms with Gasteiger partial charge in [0.25, 0.3) is 8.32 Å². The Morgan fingerprint density at radius 2 is 1.50 bits per heavy atom. The van der Waals surface area contributed by atoms with E-state index < -0.39 is 8.32 Å². The Bertz CT molecular complexity index is 914. The van der Waals surface area contributed by atoms with Gasteiger partial charge < -0.3 is 4.43 Å². The number of aromatic nitrogens is 1. The summed E-state index contributed by atoms with van der Waals surface area (Å²) in [5.41, 5.74) is 2.58. The SMILES string of the molecule is CC(C)(C)[Si](OC1CCc2c(Br)cncc21)(c1ccccc1)c1ccccc1. The Balaban J connectivity index is 1.89. The van der Waals surface area contributed by atoms with Gasteiger partial charge in [0.05, 0.1) is 6.10 Å². The third kappa shape index (κ3) is 3.28. The van der Waals surface area contributed by atoms with E-state index in [-0.39, 0.29) is 11.1 Å². The molecule has 0 amide bonds. The van der Waals surface area contributed by atoms with Crippen LogP contribution in [0, 0.1) is 0 Å². The van der Waals surface area contributed by atoms with Crippen molar-refractivity contribution in [3.63, 3.8) is 0 Å². The second-order valence-corrected chi connectivity index (χ2v) is 13.6. The van der Waals surface area contributed by atoms with Crippen molar-refractivity contribution in [2.24, 2.45) is 0 Å². The van der Waals surface area contributed by atoms with Gasteiger partial charge in [-0.15, -0.1) is 0 Å². The van der Waals surface area contributed by atoms with Gasteiger partial charge in [0.2, 0.25) is 0 Å². The van der Waals surface area contributed by atoms with Crippen molar-refractivity contribution in [1.82, 2.24) is 4.98 Å². The number of halogens is 1. The van der Waals surface area contributed by atoms with Crippen LogP contribution in [0.25, 0.3) is 0 Å². The quantitative estimate of drug-likeness (QED) is 0.494. The summed E-state index contributed by atoms with van der Waals surface area (Å²) in [6.07, 6.45) is 6.00. The normalized spacial score (nSPS) is 16.8. The maximum absolute atomic E-state index is 7.30. The molecule has 0 radical (unpaired) electrons. The van der Waals surface area contributed by atoms with Crippen LogP contribution in [0.4, 0.5) is 0 Å². The lowest BCUT2D eigenvalue weighted by atomic mass is 10.2. The topological polar surface area (TPSA) is 22.1 Å². The predicted octanol–water partition coefficient (Wildman–Crippen LogP) is 5.41. The summed E-state index contributed by atoms with van der Waals surface area (Å²) in [4.78, 5) is 4.43. The number of hydrogen-bond acceptors (Lipinski definition) is 2. The Hall–Kier alpha value is -1.75. The van der Waals surface area contributed by atoms with Crippen molar-refractivity contribution in [2.45, 2.75) is 44.8 Å². The van der Waals surface area contributed by atoms with Gasteiger partial charge in [-0.3, -0.25) is 4.98 Å². The van der Waals surface area contributed by atoms with Crippen molar-refractivity contribution >= 4 is 34.6 Å². The Morgan fingerprint density at radius 3 is 2.04 bits per heavy atom. The summed E-state index contributed by atoms with van der Waals surface area (Å²) in [6.45, 7) is 6.98. The lowest BCUT2D eigenvalue weighted by molar-refractivity contribution is 0.192. The van der Waals surface area contributed by atoms with Gasteiger partial charge in [-0.1, -0.05) is 81.4 Å². The summed E-state index contributed by atoms with van der Waals surface area (Å²) >= 11 is 3.68. The van der Waals surface area contributed by atoms with Crippen LogP contribution < -0.4 is 10.4 Å². The molecule has 1 aliphatic carbocycles. The van der Waals surface area contributed by atoms with Gasteiger partial charge >= 0.3 is 0 Å². The van der Waals surface area contributed by atoms with Crippen molar-refractivity contribution in [2.75, 3.05) is 0 Å². The van der Waals surface area contributed by atoms with Crippen LogP contribution in [-0.2, 0) is 10.8 Å². The molecule has 4 rings (SSSR count). The Morgan fingerprint density at radius 1 is 0.929 bits per heavy atom. The number of benzene rings is 2. The molecule has 3 aromatic rings. The second kappa shape index (κ2) is 7.58. The van der Waals surface area contributed by atoms with E-state index in [0.29, 0.717) is 0 Å². The molecule has 0 spiro atoms. The molecule has 2 aromatic carbocycles. The van der Waals surface area contributed by atoms with E-state index >= 15 is 0 Å². The van der Waals surface area contributed by atoms with Crippen LogP contribution in [0.15, 0.2) is 77.5 Å². The fraction of sp³-hybridized carbons (Fsp3) is 0.292. The first-order chi connectivity index (χ1) is 13.4. The van der Waals surface area contributed by atoms with Gasteiger partial charge in [-0.25, -0.2) is 0 Å². The number of nitrogens with zero attached hydrogens (tertiary/aromatic N) is 1. The molecule has 0 bridgehead atoms. The van der Waals surface area contributed by atoms with Crippen LogP contribution >= 0.6 is 15.9 Å². The molecule has 4 heteroatoms. The zero-order valence-electron chi connectivity index (χ0n) is 16.7. The first-order valence-corrected chi connectivity index (χ1v) is 12.5. The monoisotopic (exact) mass is 451 g/mol.